The SMILES string of the molecule is COc1ccc(-c2sc3cc(O)ccc3c2C(=O)c2ccc(OCCOCCOCCOCC(=O)N[C@H](C(=O)N3C[C@H](O)C[C@H]3C(=O)NCc3ccc(-c4scnc4C)cc3)C(C)(C)C)cc2)cc1. The Morgan fingerprint density at radius 3 is 2.12 bits per heavy atom. The molecule has 4 N–H and O–H groups in total. The van der Waals surface area contributed by atoms with Gasteiger partial charge in [0.1, 0.15) is 42.5 Å². The third-order valence-electron chi connectivity index (χ3n) is 11.6. The summed E-state index contributed by atoms with van der Waals surface area (Å²) in [4.78, 5) is 61.9. The van der Waals surface area contributed by atoms with Gasteiger partial charge in [-0.15, -0.1) is 22.7 Å². The first-order valence-corrected chi connectivity index (χ1v) is 24.4. The van der Waals surface area contributed by atoms with E-state index in [-0.39, 0.29) is 70.0 Å². The Morgan fingerprint density at radius 1 is 0.826 bits per heavy atom. The van der Waals surface area contributed by atoms with Crippen molar-refractivity contribution in [1.29, 1.82) is 0 Å². The number of nitrogens with zero attached hydrogens (tertiary/aromatic N) is 2. The summed E-state index contributed by atoms with van der Waals surface area (Å²) in [7, 11) is 1.60. The number of aromatic hydroxyl groups is 1. The Hall–Kier alpha value is -6.21. The van der Waals surface area contributed by atoms with Gasteiger partial charge in [0.2, 0.25) is 17.7 Å². The number of aryl methyl sites for hydroxylation is 1. The van der Waals surface area contributed by atoms with Crippen molar-refractivity contribution >= 4 is 56.3 Å². The molecular weight excluding hydrogens is 921 g/mol. The molecule has 3 amide bonds. The number of amides is 3. The number of ketones is 1. The van der Waals surface area contributed by atoms with Crippen LogP contribution in [0.4, 0.5) is 0 Å². The summed E-state index contributed by atoms with van der Waals surface area (Å²) in [6, 6.07) is 25.5. The molecule has 1 aliphatic rings. The standard InChI is InChI=1S/C52H58N4O11S2/c1-32-47(68-31-54-32)35-8-6-33(7-9-35)28-53-50(61)42-26-38(58)29-56(42)51(62)49(52(2,3)4)55-44(59)30-66-23-22-64-20-21-65-24-25-67-40-17-10-34(11-18-40)46(60)45-41-19-14-37(57)27-43(41)69-48(45)36-12-15-39(63-5)16-13-36/h6-19,27,31,38,42,49,57-58H,20-26,28-30H2,1-5H3,(H,53,61)(H,55,59)/t38-,42+,49-/m1/s1. The van der Waals surface area contributed by atoms with Crippen LogP contribution in [-0.2, 0) is 35.1 Å². The minimum atomic E-state index is -0.979. The number of benzene rings is 4. The Bertz CT molecular complexity index is 2700. The summed E-state index contributed by atoms with van der Waals surface area (Å²) in [5.74, 6) is -0.0487. The monoisotopic (exact) mass is 978 g/mol. The smallest absolute Gasteiger partial charge is 0.246 e. The second-order valence-corrected chi connectivity index (χ2v) is 19.5. The Kier molecular flexibility index (Phi) is 17.2. The zero-order chi connectivity index (χ0) is 49.1. The average molecular weight is 979 g/mol. The topological polar surface area (TPSA) is 195 Å². The summed E-state index contributed by atoms with van der Waals surface area (Å²) >= 11 is 3.01. The number of hydrogen-bond donors (Lipinski definition) is 4. The number of thiazole rings is 1. The van der Waals surface area contributed by atoms with Gasteiger partial charge in [-0.1, -0.05) is 45.0 Å². The van der Waals surface area contributed by atoms with E-state index in [1.807, 2.05) is 81.7 Å². The highest BCUT2D eigenvalue weighted by molar-refractivity contribution is 7.22. The van der Waals surface area contributed by atoms with Crippen molar-refractivity contribution in [3.63, 3.8) is 0 Å². The van der Waals surface area contributed by atoms with Crippen molar-refractivity contribution in [2.75, 3.05) is 59.9 Å². The number of phenols is 1. The molecule has 3 atom stereocenters. The number of carbonyl (C=O) groups excluding carboxylic acids is 4. The van der Waals surface area contributed by atoms with E-state index < -0.39 is 35.4 Å². The van der Waals surface area contributed by atoms with Crippen LogP contribution in [0.2, 0.25) is 0 Å². The van der Waals surface area contributed by atoms with E-state index in [0.29, 0.717) is 35.8 Å². The van der Waals surface area contributed by atoms with Crippen LogP contribution in [-0.4, -0.2) is 122 Å². The van der Waals surface area contributed by atoms with Gasteiger partial charge in [0.05, 0.1) is 62.3 Å². The molecule has 1 aliphatic heterocycles. The number of rotatable bonds is 22. The lowest BCUT2D eigenvalue weighted by Gasteiger charge is -2.35. The van der Waals surface area contributed by atoms with Crippen LogP contribution in [0.1, 0.15) is 54.4 Å². The molecular formula is C52H58N4O11S2. The van der Waals surface area contributed by atoms with E-state index in [1.54, 1.807) is 60.9 Å². The lowest BCUT2D eigenvalue weighted by Crippen LogP contribution is -2.58. The molecule has 0 aliphatic carbocycles. The fourth-order valence-electron chi connectivity index (χ4n) is 7.91. The molecule has 15 nitrogen and oxygen atoms in total. The number of thiophene rings is 1. The van der Waals surface area contributed by atoms with Gasteiger partial charge in [-0.3, -0.25) is 19.2 Å². The summed E-state index contributed by atoms with van der Waals surface area (Å²) < 4.78 is 28.7. The van der Waals surface area contributed by atoms with E-state index in [2.05, 4.69) is 15.6 Å². The van der Waals surface area contributed by atoms with Crippen molar-refractivity contribution in [3.8, 4) is 38.1 Å². The fraction of sp³-hybridized carbons (Fsp3) is 0.365. The first kappa shape index (κ1) is 50.7. The summed E-state index contributed by atoms with van der Waals surface area (Å²) in [5.41, 5.74) is 5.92. The molecule has 0 bridgehead atoms. The zero-order valence-electron chi connectivity index (χ0n) is 39.3. The molecule has 6 aromatic rings. The number of carbonyl (C=O) groups is 4. The number of ether oxygens (including phenoxy) is 5. The first-order chi connectivity index (χ1) is 33.2. The van der Waals surface area contributed by atoms with Crippen LogP contribution in [0.25, 0.3) is 31.0 Å². The van der Waals surface area contributed by atoms with Crippen molar-refractivity contribution < 1.29 is 53.1 Å². The number of phenolic OH excluding ortho intramolecular Hbond substituents is 1. The van der Waals surface area contributed by atoms with Gasteiger partial charge in [0.15, 0.2) is 5.78 Å². The van der Waals surface area contributed by atoms with Crippen LogP contribution in [0.3, 0.4) is 0 Å². The number of β-amino-alcohol motifs (C(OH)–C–C–N with tert-alkyl or cyclic N) is 1. The molecule has 0 spiro atoms. The zero-order valence-corrected chi connectivity index (χ0v) is 41.0. The van der Waals surface area contributed by atoms with Crippen molar-refractivity contribution in [2.45, 2.75) is 58.8 Å². The second kappa shape index (κ2) is 23.4. The van der Waals surface area contributed by atoms with Crippen LogP contribution in [0, 0.1) is 12.3 Å². The Morgan fingerprint density at radius 2 is 1.46 bits per heavy atom. The molecule has 0 unspecified atom stereocenters. The van der Waals surface area contributed by atoms with E-state index >= 15 is 0 Å². The number of likely N-dealkylation sites (tertiary alicyclic amines) is 1. The molecule has 17 heteroatoms. The molecule has 0 radical (unpaired) electrons. The number of nitrogens with one attached hydrogen (secondary N) is 2. The predicted molar refractivity (Wildman–Crippen MR) is 265 cm³/mol. The van der Waals surface area contributed by atoms with Gasteiger partial charge in [-0.2, -0.15) is 0 Å². The van der Waals surface area contributed by atoms with Crippen LogP contribution >= 0.6 is 22.7 Å². The maximum absolute atomic E-state index is 13.9. The predicted octanol–water partition coefficient (Wildman–Crippen LogP) is 7.18. The van der Waals surface area contributed by atoms with Gasteiger partial charge < -0.3 is 49.4 Å². The average Bonchev–Trinajstić information content (AvgIpc) is 4.07. The number of fused-ring (bicyclic) bond motifs is 1. The van der Waals surface area contributed by atoms with Gasteiger partial charge in [-0.05, 0) is 95.8 Å². The summed E-state index contributed by atoms with van der Waals surface area (Å²) in [6.45, 7) is 8.86. The van der Waals surface area contributed by atoms with Crippen LogP contribution < -0.4 is 20.1 Å². The van der Waals surface area contributed by atoms with Crippen molar-refractivity contribution in [1.82, 2.24) is 20.5 Å². The maximum atomic E-state index is 13.9. The number of aromatic nitrogens is 1. The molecule has 3 heterocycles. The number of aliphatic hydroxyl groups excluding tert-OH is 1. The highest BCUT2D eigenvalue weighted by atomic mass is 32.1. The van der Waals surface area contributed by atoms with Gasteiger partial charge >= 0.3 is 0 Å². The van der Waals surface area contributed by atoms with Crippen LogP contribution in [0.5, 0.6) is 17.2 Å². The molecule has 2 aromatic heterocycles. The molecule has 7 rings (SSSR count). The van der Waals surface area contributed by atoms with Crippen LogP contribution in [0.15, 0.2) is 96.5 Å². The highest BCUT2D eigenvalue weighted by Crippen LogP contribution is 2.42. The van der Waals surface area contributed by atoms with Gasteiger partial charge in [-0.25, -0.2) is 4.98 Å². The van der Waals surface area contributed by atoms with E-state index in [9.17, 15) is 29.4 Å². The third-order valence-corrected chi connectivity index (χ3v) is 13.7. The molecule has 0 saturated carbocycles. The quantitative estimate of drug-likeness (QED) is 0.0396. The Balaban J connectivity index is 0.783. The first-order valence-electron chi connectivity index (χ1n) is 22.7. The normalized spacial score (nSPS) is 15.2. The fourth-order valence-corrected chi connectivity index (χ4v) is 9.96. The Labute approximate surface area is 409 Å². The lowest BCUT2D eigenvalue weighted by atomic mass is 9.85. The molecule has 1 saturated heterocycles. The van der Waals surface area contributed by atoms with Gasteiger partial charge in [0, 0.05) is 45.6 Å². The third kappa shape index (κ3) is 13.1. The van der Waals surface area contributed by atoms with E-state index in [0.717, 1.165) is 42.2 Å². The van der Waals surface area contributed by atoms with Crippen molar-refractivity contribution in [3.05, 3.63) is 119 Å². The molecule has 69 heavy (non-hydrogen) atoms. The maximum Gasteiger partial charge on any atom is 0.246 e. The molecule has 4 aromatic carbocycles. The lowest BCUT2D eigenvalue weighted by molar-refractivity contribution is -0.144. The minimum absolute atomic E-state index is 0.0263. The van der Waals surface area contributed by atoms with Gasteiger partial charge in [0.25, 0.3) is 0 Å². The summed E-state index contributed by atoms with van der Waals surface area (Å²) in [5, 5.41) is 27.1. The van der Waals surface area contributed by atoms with E-state index in [4.69, 9.17) is 23.7 Å². The van der Waals surface area contributed by atoms with Crippen molar-refractivity contribution in [2.24, 2.45) is 5.41 Å². The molecule has 364 valence electrons. The number of hydrogen-bond acceptors (Lipinski definition) is 14. The number of aliphatic hydroxyl groups is 1. The molecule has 1 fully saturated rings. The van der Waals surface area contributed by atoms with E-state index in [1.165, 1.54) is 16.2 Å². The highest BCUT2D eigenvalue weighted by Gasteiger charge is 2.44. The second-order valence-electron chi connectivity index (χ2n) is 17.6. The minimum Gasteiger partial charge on any atom is -0.508 e. The number of methoxy groups -OCH3 is 1. The summed E-state index contributed by atoms with van der Waals surface area (Å²) in [6.07, 6.45) is -0.793. The largest absolute Gasteiger partial charge is 0.508 e.